The molecule has 0 saturated carbocycles. The zero-order valence-electron chi connectivity index (χ0n) is 16.8. The van der Waals surface area contributed by atoms with Crippen LogP contribution in [0.4, 0.5) is 5.69 Å². The molecule has 0 saturated heterocycles. The van der Waals surface area contributed by atoms with Gasteiger partial charge in [0.05, 0.1) is 31.8 Å². The topological polar surface area (TPSA) is 126 Å². The maximum Gasteiger partial charge on any atom is 0.345 e. The van der Waals surface area contributed by atoms with Gasteiger partial charge in [-0.1, -0.05) is 12.1 Å². The summed E-state index contributed by atoms with van der Waals surface area (Å²) in [6.45, 7) is 1.60. The van der Waals surface area contributed by atoms with Gasteiger partial charge in [-0.25, -0.2) is 4.79 Å². The molecule has 0 fully saturated rings. The number of amides is 1. The van der Waals surface area contributed by atoms with Crippen molar-refractivity contribution in [2.24, 2.45) is 0 Å². The second kappa shape index (κ2) is 10.6. The Labute approximate surface area is 172 Å². The third-order valence-corrected chi connectivity index (χ3v) is 3.98. The molecule has 1 N–H and O–H groups in total. The Morgan fingerprint density at radius 1 is 1.07 bits per heavy atom. The van der Waals surface area contributed by atoms with E-state index in [-0.39, 0.29) is 30.2 Å². The van der Waals surface area contributed by atoms with Crippen molar-refractivity contribution in [1.82, 2.24) is 5.32 Å². The fourth-order valence-electron chi connectivity index (χ4n) is 2.50. The molecule has 0 aliphatic heterocycles. The molecule has 30 heavy (non-hydrogen) atoms. The first-order chi connectivity index (χ1) is 14.4. The van der Waals surface area contributed by atoms with E-state index >= 15 is 0 Å². The second-order valence-electron chi connectivity index (χ2n) is 5.91. The summed E-state index contributed by atoms with van der Waals surface area (Å²) < 4.78 is 20.4. The zero-order chi connectivity index (χ0) is 22.1. The third kappa shape index (κ3) is 5.84. The van der Waals surface area contributed by atoms with Crippen molar-refractivity contribution in [2.75, 3.05) is 27.4 Å². The van der Waals surface area contributed by atoms with Crippen molar-refractivity contribution < 1.29 is 33.5 Å². The minimum Gasteiger partial charge on any atom is -0.497 e. The highest BCUT2D eigenvalue weighted by Gasteiger charge is 2.26. The molecule has 2 aromatic carbocycles. The number of nitrogens with one attached hydrogen (secondary N) is 1. The van der Waals surface area contributed by atoms with Gasteiger partial charge in [-0.15, -0.1) is 0 Å². The maximum atomic E-state index is 12.4. The maximum absolute atomic E-state index is 12.4. The summed E-state index contributed by atoms with van der Waals surface area (Å²) in [5.74, 6) is -0.629. The first kappa shape index (κ1) is 22.5. The second-order valence-corrected chi connectivity index (χ2v) is 5.91. The molecule has 10 nitrogen and oxygen atoms in total. The first-order valence-corrected chi connectivity index (χ1v) is 8.95. The van der Waals surface area contributed by atoms with Gasteiger partial charge in [0.15, 0.2) is 18.1 Å². The lowest BCUT2D eigenvalue weighted by Gasteiger charge is -2.12. The van der Waals surface area contributed by atoms with Crippen LogP contribution in [-0.4, -0.2) is 44.2 Å². The molecule has 0 unspecified atom stereocenters. The molecule has 0 radical (unpaired) electrons. The van der Waals surface area contributed by atoms with Crippen LogP contribution in [0, 0.1) is 10.1 Å². The molecule has 0 spiro atoms. The first-order valence-electron chi connectivity index (χ1n) is 8.95. The minimum absolute atomic E-state index is 0.109. The van der Waals surface area contributed by atoms with Crippen LogP contribution in [0.3, 0.4) is 0 Å². The molecule has 0 aromatic heterocycles. The summed E-state index contributed by atoms with van der Waals surface area (Å²) in [5, 5.41) is 13.9. The number of ether oxygens (including phenoxy) is 4. The van der Waals surface area contributed by atoms with Gasteiger partial charge in [-0.2, -0.15) is 0 Å². The van der Waals surface area contributed by atoms with Crippen molar-refractivity contribution in [2.45, 2.75) is 13.5 Å². The number of rotatable bonds is 10. The number of benzene rings is 2. The molecule has 1 amide bonds. The molecule has 0 aliphatic rings. The monoisotopic (exact) mass is 418 g/mol. The summed E-state index contributed by atoms with van der Waals surface area (Å²) >= 11 is 0. The molecule has 0 heterocycles. The van der Waals surface area contributed by atoms with Crippen LogP contribution in [0.25, 0.3) is 0 Å². The van der Waals surface area contributed by atoms with Crippen molar-refractivity contribution in [3.8, 4) is 17.2 Å². The Bertz CT molecular complexity index is 912. The number of carbonyl (C=O) groups is 2. The van der Waals surface area contributed by atoms with E-state index in [2.05, 4.69) is 5.32 Å². The lowest BCUT2D eigenvalue weighted by atomic mass is 10.1. The Morgan fingerprint density at radius 3 is 2.33 bits per heavy atom. The van der Waals surface area contributed by atoms with E-state index in [9.17, 15) is 19.7 Å². The minimum atomic E-state index is -1.02. The van der Waals surface area contributed by atoms with Crippen molar-refractivity contribution in [3.05, 3.63) is 57.6 Å². The largest absolute Gasteiger partial charge is 0.497 e. The summed E-state index contributed by atoms with van der Waals surface area (Å²) in [5.41, 5.74) is -0.0335. The van der Waals surface area contributed by atoms with Crippen molar-refractivity contribution in [3.63, 3.8) is 0 Å². The van der Waals surface area contributed by atoms with E-state index in [4.69, 9.17) is 18.9 Å². The van der Waals surface area contributed by atoms with E-state index in [1.807, 2.05) is 0 Å². The van der Waals surface area contributed by atoms with E-state index in [1.54, 1.807) is 38.3 Å². The van der Waals surface area contributed by atoms with Gasteiger partial charge in [0, 0.05) is 12.6 Å². The third-order valence-electron chi connectivity index (χ3n) is 3.98. The highest BCUT2D eigenvalue weighted by molar-refractivity contribution is 5.96. The van der Waals surface area contributed by atoms with Crippen molar-refractivity contribution in [1.29, 1.82) is 0 Å². The summed E-state index contributed by atoms with van der Waals surface area (Å²) in [6.07, 6.45) is 0. The fraction of sp³-hybridized carbons (Fsp3) is 0.300. The molecule has 0 aliphatic carbocycles. The van der Waals surface area contributed by atoms with Gasteiger partial charge < -0.3 is 24.3 Å². The van der Waals surface area contributed by atoms with Gasteiger partial charge in [-0.05, 0) is 24.6 Å². The predicted octanol–water partition coefficient (Wildman–Crippen LogP) is 2.48. The van der Waals surface area contributed by atoms with Crippen LogP contribution in [0.1, 0.15) is 22.8 Å². The molecule has 0 atom stereocenters. The number of hydrogen-bond acceptors (Lipinski definition) is 8. The Balaban J connectivity index is 2.02. The van der Waals surface area contributed by atoms with Crippen LogP contribution in [0.5, 0.6) is 17.2 Å². The number of nitrogens with zero attached hydrogens (tertiary/aromatic N) is 1. The number of nitro groups is 1. The van der Waals surface area contributed by atoms with Gasteiger partial charge in [0.2, 0.25) is 0 Å². The molecule has 10 heteroatoms. The van der Waals surface area contributed by atoms with Gasteiger partial charge in [-0.3, -0.25) is 14.9 Å². The standard InChI is InChI=1S/C20H22N2O8/c1-4-29-18-9-15(16(22(25)26)10-17(18)28-3)20(24)30-12-19(23)21-11-13-5-7-14(27-2)8-6-13/h5-10H,4,11-12H2,1-3H3,(H,21,23). The number of methoxy groups -OCH3 is 2. The Hall–Kier alpha value is -3.82. The SMILES string of the molecule is CCOc1cc(C(=O)OCC(=O)NCc2ccc(OC)cc2)c([N+](=O)[O-])cc1OC. The van der Waals surface area contributed by atoms with Crippen LogP contribution in [-0.2, 0) is 16.1 Å². The number of nitro benzene ring substituents is 1. The molecule has 2 aromatic rings. The van der Waals surface area contributed by atoms with Crippen LogP contribution in [0.2, 0.25) is 0 Å². The lowest BCUT2D eigenvalue weighted by Crippen LogP contribution is -2.28. The molecule has 0 bridgehead atoms. The van der Waals surface area contributed by atoms with Crippen LogP contribution >= 0.6 is 0 Å². The smallest absolute Gasteiger partial charge is 0.345 e. The Morgan fingerprint density at radius 2 is 1.77 bits per heavy atom. The van der Waals surface area contributed by atoms with E-state index in [1.165, 1.54) is 7.11 Å². The van der Waals surface area contributed by atoms with Crippen LogP contribution in [0.15, 0.2) is 36.4 Å². The molecular formula is C20H22N2O8. The van der Waals surface area contributed by atoms with Gasteiger partial charge in [0.1, 0.15) is 11.3 Å². The molecular weight excluding hydrogens is 396 g/mol. The summed E-state index contributed by atoms with van der Waals surface area (Å²) in [6, 6.07) is 9.30. The van der Waals surface area contributed by atoms with Crippen LogP contribution < -0.4 is 19.5 Å². The van der Waals surface area contributed by atoms with Crippen molar-refractivity contribution >= 4 is 17.6 Å². The number of carbonyl (C=O) groups excluding carboxylic acids is 2. The lowest BCUT2D eigenvalue weighted by molar-refractivity contribution is -0.385. The Kier molecular flexibility index (Phi) is 7.98. The quantitative estimate of drug-likeness (QED) is 0.354. The van der Waals surface area contributed by atoms with E-state index in [0.717, 1.165) is 17.7 Å². The number of hydrogen-bond donors (Lipinski definition) is 1. The van der Waals surface area contributed by atoms with E-state index < -0.39 is 29.1 Å². The summed E-state index contributed by atoms with van der Waals surface area (Å²) in [7, 11) is 2.88. The highest BCUT2D eigenvalue weighted by Crippen LogP contribution is 2.35. The normalized spacial score (nSPS) is 10.1. The molecule has 2 rings (SSSR count). The fourth-order valence-corrected chi connectivity index (χ4v) is 2.50. The van der Waals surface area contributed by atoms with Gasteiger partial charge in [0.25, 0.3) is 11.6 Å². The predicted molar refractivity (Wildman–Crippen MR) is 106 cm³/mol. The average molecular weight is 418 g/mol. The highest BCUT2D eigenvalue weighted by atomic mass is 16.6. The number of esters is 1. The van der Waals surface area contributed by atoms with E-state index in [0.29, 0.717) is 5.75 Å². The molecule has 160 valence electrons. The summed E-state index contributed by atoms with van der Waals surface area (Å²) in [4.78, 5) is 34.9. The van der Waals surface area contributed by atoms with Gasteiger partial charge >= 0.3 is 5.97 Å². The average Bonchev–Trinajstić information content (AvgIpc) is 2.76. The zero-order valence-corrected chi connectivity index (χ0v) is 16.8.